The van der Waals surface area contributed by atoms with Crippen LogP contribution in [0, 0.1) is 11.3 Å². The normalized spacial score (nSPS) is 15.9. The Balaban J connectivity index is 1.48. The van der Waals surface area contributed by atoms with Gasteiger partial charge in [0, 0.05) is 45.2 Å². The van der Waals surface area contributed by atoms with Crippen molar-refractivity contribution in [2.45, 2.75) is 32.2 Å². The lowest BCUT2D eigenvalue weighted by Crippen LogP contribution is -2.43. The molecule has 2 aromatic rings. The first-order chi connectivity index (χ1) is 14.2. The Morgan fingerprint density at radius 2 is 1.83 bits per heavy atom. The standard InChI is InChI=1S/C24H30N4O/c1-2-22(23-7-4-3-5-8-23)18-26-24(29)28-14-6-13-27(15-16-28)19-21-11-9-20(17-25)10-12-21/h3-5,7-12,22H,2,6,13-16,18-19H2,1H3,(H,26,29)/t22-/m1/s1. The van der Waals surface area contributed by atoms with Crippen molar-refractivity contribution in [1.29, 1.82) is 5.26 Å². The highest BCUT2D eigenvalue weighted by atomic mass is 16.2. The van der Waals surface area contributed by atoms with Crippen LogP contribution in [0.5, 0.6) is 0 Å². The number of carbonyl (C=O) groups is 1. The maximum Gasteiger partial charge on any atom is 0.317 e. The third-order valence-corrected chi connectivity index (χ3v) is 5.63. The van der Waals surface area contributed by atoms with Crippen LogP contribution >= 0.6 is 0 Å². The molecule has 1 heterocycles. The molecule has 0 bridgehead atoms. The summed E-state index contributed by atoms with van der Waals surface area (Å²) in [6, 6.07) is 20.4. The number of urea groups is 1. The summed E-state index contributed by atoms with van der Waals surface area (Å²) in [5.41, 5.74) is 3.17. The number of amides is 2. The van der Waals surface area contributed by atoms with Gasteiger partial charge in [0.2, 0.25) is 0 Å². The van der Waals surface area contributed by atoms with Gasteiger partial charge in [-0.1, -0.05) is 49.4 Å². The van der Waals surface area contributed by atoms with E-state index in [1.54, 1.807) is 0 Å². The fourth-order valence-electron chi connectivity index (χ4n) is 3.82. The third-order valence-electron chi connectivity index (χ3n) is 5.63. The van der Waals surface area contributed by atoms with Gasteiger partial charge in [-0.15, -0.1) is 0 Å². The Labute approximate surface area is 173 Å². The predicted molar refractivity (Wildman–Crippen MR) is 115 cm³/mol. The van der Waals surface area contributed by atoms with E-state index in [1.807, 2.05) is 35.2 Å². The first-order valence-electron chi connectivity index (χ1n) is 10.5. The van der Waals surface area contributed by atoms with Gasteiger partial charge in [-0.2, -0.15) is 5.26 Å². The molecule has 1 aliphatic heterocycles. The summed E-state index contributed by atoms with van der Waals surface area (Å²) in [5, 5.41) is 12.1. The van der Waals surface area contributed by atoms with Gasteiger partial charge in [0.15, 0.2) is 0 Å². The molecule has 5 heteroatoms. The zero-order valence-corrected chi connectivity index (χ0v) is 17.2. The molecule has 152 valence electrons. The summed E-state index contributed by atoms with van der Waals surface area (Å²) in [6.07, 6.45) is 1.97. The van der Waals surface area contributed by atoms with Crippen molar-refractivity contribution in [3.05, 3.63) is 71.3 Å². The molecule has 1 atom stereocenters. The fourth-order valence-corrected chi connectivity index (χ4v) is 3.82. The van der Waals surface area contributed by atoms with E-state index in [-0.39, 0.29) is 6.03 Å². The third kappa shape index (κ3) is 6.07. The van der Waals surface area contributed by atoms with Crippen molar-refractivity contribution in [3.8, 4) is 6.07 Å². The number of rotatable bonds is 6. The van der Waals surface area contributed by atoms with Gasteiger partial charge in [-0.05, 0) is 36.1 Å². The van der Waals surface area contributed by atoms with E-state index in [0.717, 1.165) is 45.6 Å². The Hall–Kier alpha value is -2.84. The van der Waals surface area contributed by atoms with Crippen molar-refractivity contribution in [3.63, 3.8) is 0 Å². The lowest BCUT2D eigenvalue weighted by Gasteiger charge is -2.24. The molecule has 1 N–H and O–H groups in total. The molecule has 2 aromatic carbocycles. The summed E-state index contributed by atoms with van der Waals surface area (Å²) >= 11 is 0. The quantitative estimate of drug-likeness (QED) is 0.812. The van der Waals surface area contributed by atoms with Gasteiger partial charge >= 0.3 is 6.03 Å². The molecule has 3 rings (SSSR count). The first kappa shape index (κ1) is 20.9. The molecule has 1 aliphatic rings. The highest BCUT2D eigenvalue weighted by Gasteiger charge is 2.20. The number of hydrogen-bond acceptors (Lipinski definition) is 3. The molecule has 0 radical (unpaired) electrons. The van der Waals surface area contributed by atoms with E-state index in [4.69, 9.17) is 5.26 Å². The van der Waals surface area contributed by atoms with Gasteiger partial charge < -0.3 is 10.2 Å². The summed E-state index contributed by atoms with van der Waals surface area (Å²) in [4.78, 5) is 17.0. The molecule has 0 aromatic heterocycles. The SMILES string of the molecule is CC[C@H](CNC(=O)N1CCCN(Cc2ccc(C#N)cc2)CC1)c1ccccc1. The predicted octanol–water partition coefficient (Wildman–Crippen LogP) is 3.97. The Bertz CT molecular complexity index is 813. The van der Waals surface area contributed by atoms with Crippen molar-refractivity contribution in [1.82, 2.24) is 15.1 Å². The lowest BCUT2D eigenvalue weighted by atomic mass is 9.97. The van der Waals surface area contributed by atoms with Crippen LogP contribution in [0.15, 0.2) is 54.6 Å². The molecule has 0 aliphatic carbocycles. The summed E-state index contributed by atoms with van der Waals surface area (Å²) in [5.74, 6) is 0.347. The molecule has 0 saturated carbocycles. The van der Waals surface area contributed by atoms with Crippen LogP contribution in [0.3, 0.4) is 0 Å². The molecule has 5 nitrogen and oxygen atoms in total. The Kier molecular flexibility index (Phi) is 7.66. The van der Waals surface area contributed by atoms with E-state index in [0.29, 0.717) is 18.0 Å². The number of hydrogen-bond donors (Lipinski definition) is 1. The first-order valence-corrected chi connectivity index (χ1v) is 10.5. The second kappa shape index (κ2) is 10.6. The summed E-state index contributed by atoms with van der Waals surface area (Å²) in [6.45, 7) is 7.06. The average Bonchev–Trinajstić information content (AvgIpc) is 3.01. The zero-order valence-electron chi connectivity index (χ0n) is 17.2. The van der Waals surface area contributed by atoms with Crippen LogP contribution in [-0.4, -0.2) is 48.6 Å². The maximum absolute atomic E-state index is 12.7. The number of nitriles is 1. The summed E-state index contributed by atoms with van der Waals surface area (Å²) < 4.78 is 0. The largest absolute Gasteiger partial charge is 0.337 e. The van der Waals surface area contributed by atoms with Crippen LogP contribution in [0.2, 0.25) is 0 Å². The Morgan fingerprint density at radius 1 is 1.07 bits per heavy atom. The second-order valence-electron chi connectivity index (χ2n) is 7.63. The Morgan fingerprint density at radius 3 is 2.52 bits per heavy atom. The highest BCUT2D eigenvalue weighted by molar-refractivity contribution is 5.74. The molecule has 29 heavy (non-hydrogen) atoms. The smallest absolute Gasteiger partial charge is 0.317 e. The van der Waals surface area contributed by atoms with Crippen molar-refractivity contribution >= 4 is 6.03 Å². The monoisotopic (exact) mass is 390 g/mol. The summed E-state index contributed by atoms with van der Waals surface area (Å²) in [7, 11) is 0. The van der Waals surface area contributed by atoms with Crippen molar-refractivity contribution in [2.24, 2.45) is 0 Å². The molecule has 0 unspecified atom stereocenters. The molecule has 1 fully saturated rings. The van der Waals surface area contributed by atoms with Crippen LogP contribution in [0.25, 0.3) is 0 Å². The number of carbonyl (C=O) groups excluding carboxylic acids is 1. The highest BCUT2D eigenvalue weighted by Crippen LogP contribution is 2.18. The van der Waals surface area contributed by atoms with Gasteiger partial charge in [0.25, 0.3) is 0 Å². The van der Waals surface area contributed by atoms with Gasteiger partial charge in [0.1, 0.15) is 0 Å². The van der Waals surface area contributed by atoms with Gasteiger partial charge in [-0.25, -0.2) is 4.79 Å². The second-order valence-corrected chi connectivity index (χ2v) is 7.63. The van der Waals surface area contributed by atoms with Gasteiger partial charge in [0.05, 0.1) is 11.6 Å². The lowest BCUT2D eigenvalue weighted by molar-refractivity contribution is 0.197. The van der Waals surface area contributed by atoms with Crippen LogP contribution in [-0.2, 0) is 6.54 Å². The minimum atomic E-state index is 0.0413. The van der Waals surface area contributed by atoms with E-state index in [2.05, 4.69) is 47.5 Å². The molecule has 2 amide bonds. The average molecular weight is 391 g/mol. The van der Waals surface area contributed by atoms with E-state index < -0.39 is 0 Å². The molecule has 1 saturated heterocycles. The number of nitrogens with one attached hydrogen (secondary N) is 1. The van der Waals surface area contributed by atoms with E-state index >= 15 is 0 Å². The number of nitrogens with zero attached hydrogens (tertiary/aromatic N) is 3. The fraction of sp³-hybridized carbons (Fsp3) is 0.417. The molecular formula is C24H30N4O. The minimum Gasteiger partial charge on any atom is -0.337 e. The molecular weight excluding hydrogens is 360 g/mol. The molecule has 0 spiro atoms. The maximum atomic E-state index is 12.7. The topological polar surface area (TPSA) is 59.4 Å². The number of benzene rings is 2. The van der Waals surface area contributed by atoms with Crippen LogP contribution in [0.1, 0.15) is 42.4 Å². The van der Waals surface area contributed by atoms with Crippen molar-refractivity contribution < 1.29 is 4.79 Å². The van der Waals surface area contributed by atoms with Crippen molar-refractivity contribution in [2.75, 3.05) is 32.7 Å². The van der Waals surface area contributed by atoms with Crippen LogP contribution in [0.4, 0.5) is 4.79 Å². The zero-order chi connectivity index (χ0) is 20.5. The van der Waals surface area contributed by atoms with E-state index in [1.165, 1.54) is 11.1 Å². The van der Waals surface area contributed by atoms with Gasteiger partial charge in [-0.3, -0.25) is 4.90 Å². The van der Waals surface area contributed by atoms with Crippen LogP contribution < -0.4 is 5.32 Å². The minimum absolute atomic E-state index is 0.0413. The van der Waals surface area contributed by atoms with E-state index in [9.17, 15) is 4.79 Å².